The number of ether oxygens (including phenoxy) is 3. The second-order valence-corrected chi connectivity index (χ2v) is 5.61. The molecule has 0 saturated carbocycles. The number of hydrogen-bond acceptors (Lipinski definition) is 5. The summed E-state index contributed by atoms with van der Waals surface area (Å²) >= 11 is 0. The normalized spacial score (nSPS) is 11.5. The van der Waals surface area contributed by atoms with Gasteiger partial charge in [-0.15, -0.1) is 0 Å². The van der Waals surface area contributed by atoms with Crippen molar-refractivity contribution in [3.05, 3.63) is 29.8 Å². The summed E-state index contributed by atoms with van der Waals surface area (Å²) in [5.74, 6) is 0.626. The first-order chi connectivity index (χ1) is 9.01. The maximum absolute atomic E-state index is 10.6. The lowest BCUT2D eigenvalue weighted by Gasteiger charge is -2.06. The highest BCUT2D eigenvalue weighted by atomic mass is 32.2. The number of rotatable bonds is 9. The summed E-state index contributed by atoms with van der Waals surface area (Å²) in [6, 6.07) is 7.56. The summed E-state index contributed by atoms with van der Waals surface area (Å²) in [5.41, 5.74) is 1.03. The van der Waals surface area contributed by atoms with Crippen molar-refractivity contribution in [2.45, 2.75) is 6.61 Å². The van der Waals surface area contributed by atoms with Gasteiger partial charge in [0.2, 0.25) is 10.0 Å². The van der Waals surface area contributed by atoms with E-state index in [1.807, 2.05) is 24.3 Å². The Morgan fingerprint density at radius 3 is 2.26 bits per heavy atom. The number of nitrogens with two attached hydrogens (primary N) is 1. The first-order valence-electron chi connectivity index (χ1n) is 5.80. The molecule has 6 nitrogen and oxygen atoms in total. The van der Waals surface area contributed by atoms with Crippen LogP contribution in [0, 0.1) is 0 Å². The lowest BCUT2D eigenvalue weighted by Crippen LogP contribution is -2.21. The van der Waals surface area contributed by atoms with E-state index in [0.717, 1.165) is 11.3 Å². The molecule has 7 heteroatoms. The van der Waals surface area contributed by atoms with E-state index in [1.165, 1.54) is 0 Å². The molecule has 1 aromatic rings. The SMILES string of the molecule is COc1ccc(COCCOCCS(N)(=O)=O)cc1. The van der Waals surface area contributed by atoms with Gasteiger partial charge in [-0.05, 0) is 17.7 Å². The second-order valence-electron chi connectivity index (χ2n) is 3.88. The van der Waals surface area contributed by atoms with Gasteiger partial charge in [-0.25, -0.2) is 13.6 Å². The minimum Gasteiger partial charge on any atom is -0.497 e. The third-order valence-electron chi connectivity index (χ3n) is 2.31. The van der Waals surface area contributed by atoms with E-state index in [9.17, 15) is 8.42 Å². The van der Waals surface area contributed by atoms with Gasteiger partial charge in [0.1, 0.15) is 5.75 Å². The van der Waals surface area contributed by atoms with Crippen LogP contribution in [0.3, 0.4) is 0 Å². The van der Waals surface area contributed by atoms with Crippen LogP contribution in [0.15, 0.2) is 24.3 Å². The van der Waals surface area contributed by atoms with E-state index in [2.05, 4.69) is 0 Å². The average molecular weight is 289 g/mol. The van der Waals surface area contributed by atoms with Gasteiger partial charge in [0.15, 0.2) is 0 Å². The third kappa shape index (κ3) is 7.78. The van der Waals surface area contributed by atoms with Crippen molar-refractivity contribution < 1.29 is 22.6 Å². The van der Waals surface area contributed by atoms with Crippen molar-refractivity contribution in [1.82, 2.24) is 0 Å². The zero-order valence-electron chi connectivity index (χ0n) is 10.9. The highest BCUT2D eigenvalue weighted by molar-refractivity contribution is 7.89. The van der Waals surface area contributed by atoms with Crippen LogP contribution < -0.4 is 9.88 Å². The molecule has 0 saturated heterocycles. The highest BCUT2D eigenvalue weighted by Crippen LogP contribution is 2.11. The fraction of sp³-hybridized carbons (Fsp3) is 0.500. The molecule has 0 aliphatic heterocycles. The summed E-state index contributed by atoms with van der Waals surface area (Å²) in [6.07, 6.45) is 0. The number of benzene rings is 1. The molecule has 0 aliphatic carbocycles. The molecule has 19 heavy (non-hydrogen) atoms. The van der Waals surface area contributed by atoms with Gasteiger partial charge in [0.05, 0.1) is 39.3 Å². The molecule has 0 amide bonds. The Morgan fingerprint density at radius 2 is 1.68 bits per heavy atom. The quantitative estimate of drug-likeness (QED) is 0.669. The molecule has 0 fully saturated rings. The average Bonchev–Trinajstić information content (AvgIpc) is 2.37. The van der Waals surface area contributed by atoms with Crippen LogP contribution in [0.5, 0.6) is 5.75 Å². The van der Waals surface area contributed by atoms with Crippen molar-refractivity contribution >= 4 is 10.0 Å². The molecule has 0 aliphatic rings. The molecule has 0 atom stereocenters. The molecular weight excluding hydrogens is 270 g/mol. The Balaban J connectivity index is 2.07. The molecular formula is C12H19NO5S. The van der Waals surface area contributed by atoms with Crippen LogP contribution in [0.25, 0.3) is 0 Å². The van der Waals surface area contributed by atoms with Gasteiger partial charge in [-0.3, -0.25) is 0 Å². The van der Waals surface area contributed by atoms with Crippen LogP contribution >= 0.6 is 0 Å². The van der Waals surface area contributed by atoms with Crippen molar-refractivity contribution in [2.75, 3.05) is 32.7 Å². The number of hydrogen-bond donors (Lipinski definition) is 1. The van der Waals surface area contributed by atoms with E-state index in [-0.39, 0.29) is 12.4 Å². The summed E-state index contributed by atoms with van der Waals surface area (Å²) in [5, 5.41) is 4.83. The van der Waals surface area contributed by atoms with Gasteiger partial charge in [0.25, 0.3) is 0 Å². The summed E-state index contributed by atoms with van der Waals surface area (Å²) < 4.78 is 36.7. The molecule has 0 unspecified atom stereocenters. The van der Waals surface area contributed by atoms with E-state index in [4.69, 9.17) is 19.3 Å². The third-order valence-corrected chi connectivity index (χ3v) is 3.05. The van der Waals surface area contributed by atoms with Gasteiger partial charge < -0.3 is 14.2 Å². The van der Waals surface area contributed by atoms with Gasteiger partial charge in [-0.1, -0.05) is 12.1 Å². The van der Waals surface area contributed by atoms with Gasteiger partial charge >= 0.3 is 0 Å². The maximum atomic E-state index is 10.6. The van der Waals surface area contributed by atoms with Crippen molar-refractivity contribution in [3.8, 4) is 5.75 Å². The monoisotopic (exact) mass is 289 g/mol. The summed E-state index contributed by atoms with van der Waals surface area (Å²) in [4.78, 5) is 0. The van der Waals surface area contributed by atoms with Crippen molar-refractivity contribution in [3.63, 3.8) is 0 Å². The standard InChI is InChI=1S/C12H19NO5S/c1-16-12-4-2-11(3-5-12)10-18-7-6-17-8-9-19(13,14)15/h2-5H,6-10H2,1H3,(H2,13,14,15). The molecule has 1 rings (SSSR count). The minimum atomic E-state index is -3.44. The summed E-state index contributed by atoms with van der Waals surface area (Å²) in [6.45, 7) is 1.30. The first-order valence-corrected chi connectivity index (χ1v) is 7.52. The Hall–Kier alpha value is -1.15. The van der Waals surface area contributed by atoms with Crippen molar-refractivity contribution in [2.24, 2.45) is 5.14 Å². The Kier molecular flexibility index (Phi) is 6.79. The van der Waals surface area contributed by atoms with Crippen molar-refractivity contribution in [1.29, 1.82) is 0 Å². The molecule has 0 bridgehead atoms. The lowest BCUT2D eigenvalue weighted by atomic mass is 10.2. The number of methoxy groups -OCH3 is 1. The zero-order valence-corrected chi connectivity index (χ0v) is 11.7. The predicted molar refractivity (Wildman–Crippen MR) is 71.4 cm³/mol. The second kappa shape index (κ2) is 8.11. The van der Waals surface area contributed by atoms with E-state index in [0.29, 0.717) is 19.8 Å². The van der Waals surface area contributed by atoms with E-state index >= 15 is 0 Å². The molecule has 0 heterocycles. The maximum Gasteiger partial charge on any atom is 0.211 e. The van der Waals surface area contributed by atoms with Gasteiger partial charge in [-0.2, -0.15) is 0 Å². The zero-order chi connectivity index (χ0) is 14.1. The molecule has 1 aromatic carbocycles. The van der Waals surface area contributed by atoms with Crippen LogP contribution in [0.2, 0.25) is 0 Å². The van der Waals surface area contributed by atoms with Crippen LogP contribution in [-0.2, 0) is 26.1 Å². The summed E-state index contributed by atoms with van der Waals surface area (Å²) in [7, 11) is -1.83. The van der Waals surface area contributed by atoms with E-state index in [1.54, 1.807) is 7.11 Å². The molecule has 0 spiro atoms. The van der Waals surface area contributed by atoms with Crippen LogP contribution in [-0.4, -0.2) is 41.1 Å². The fourth-order valence-electron chi connectivity index (χ4n) is 1.31. The van der Waals surface area contributed by atoms with Crippen LogP contribution in [0.1, 0.15) is 5.56 Å². The van der Waals surface area contributed by atoms with Crippen LogP contribution in [0.4, 0.5) is 0 Å². The lowest BCUT2D eigenvalue weighted by molar-refractivity contribution is 0.0458. The number of primary sulfonamides is 1. The fourth-order valence-corrected chi connectivity index (χ4v) is 1.66. The predicted octanol–water partition coefficient (Wildman–Crippen LogP) is 0.517. The number of sulfonamides is 1. The molecule has 0 aromatic heterocycles. The molecule has 108 valence electrons. The molecule has 0 radical (unpaired) electrons. The smallest absolute Gasteiger partial charge is 0.211 e. The minimum absolute atomic E-state index is 0.0880. The Labute approximate surface area is 113 Å². The Morgan fingerprint density at radius 1 is 1.05 bits per heavy atom. The molecule has 2 N–H and O–H groups in total. The van der Waals surface area contributed by atoms with Gasteiger partial charge in [0, 0.05) is 0 Å². The van der Waals surface area contributed by atoms with E-state index < -0.39 is 10.0 Å². The first kappa shape index (κ1) is 15.9. The topological polar surface area (TPSA) is 87.8 Å². The largest absolute Gasteiger partial charge is 0.497 e. The Bertz CT molecular complexity index is 458. The highest BCUT2D eigenvalue weighted by Gasteiger charge is 2.01.